The number of Topliss-reactive ketones (excluding diaryl/α,β-unsaturated/α-hetero) is 1. The third-order valence-electron chi connectivity index (χ3n) is 7.06. The van der Waals surface area contributed by atoms with E-state index in [0.29, 0.717) is 41.4 Å². The number of nitrogens with zero attached hydrogens (tertiary/aromatic N) is 3. The van der Waals surface area contributed by atoms with Crippen molar-refractivity contribution in [2.24, 2.45) is 0 Å². The van der Waals surface area contributed by atoms with Gasteiger partial charge >= 0.3 is 0 Å². The Morgan fingerprint density at radius 1 is 1.15 bits per heavy atom. The maximum absolute atomic E-state index is 12.9. The van der Waals surface area contributed by atoms with Crippen LogP contribution in [-0.2, 0) is 24.3 Å². The molecule has 0 aliphatic heterocycles. The fourth-order valence-corrected chi connectivity index (χ4v) is 5.04. The maximum Gasteiger partial charge on any atom is 0.258 e. The quantitative estimate of drug-likeness (QED) is 0.392. The Hall–Kier alpha value is -3.78. The topological polar surface area (TPSA) is 87.5 Å². The molecule has 0 unspecified atom stereocenters. The van der Waals surface area contributed by atoms with E-state index in [1.807, 2.05) is 24.3 Å². The Labute approximate surface area is 233 Å². The second-order valence-electron chi connectivity index (χ2n) is 9.82. The van der Waals surface area contributed by atoms with Gasteiger partial charge in [-0.15, -0.1) is 0 Å². The van der Waals surface area contributed by atoms with Crippen LogP contribution < -0.4 is 5.32 Å². The van der Waals surface area contributed by atoms with E-state index in [2.05, 4.69) is 46.5 Å². The molecule has 0 saturated carbocycles. The molecule has 200 valence electrons. The summed E-state index contributed by atoms with van der Waals surface area (Å²) in [4.78, 5) is 28.0. The molecule has 0 bridgehead atoms. The number of ketones is 1. The minimum atomic E-state index is -0.273. The lowest BCUT2D eigenvalue weighted by atomic mass is 9.93. The van der Waals surface area contributed by atoms with Crippen LogP contribution in [0.3, 0.4) is 0 Å². The van der Waals surface area contributed by atoms with Gasteiger partial charge in [-0.1, -0.05) is 61.0 Å². The number of aliphatic hydroxyl groups is 1. The Kier molecular flexibility index (Phi) is 8.21. The second-order valence-corrected chi connectivity index (χ2v) is 10.3. The number of benzene rings is 2. The molecule has 7 nitrogen and oxygen atoms in total. The fourth-order valence-electron chi connectivity index (χ4n) is 4.92. The number of carbonyl (C=O) groups is 2. The number of halogens is 1. The van der Waals surface area contributed by atoms with Gasteiger partial charge in [0, 0.05) is 42.0 Å². The molecular weight excluding hydrogens is 512 g/mol. The molecule has 3 aromatic rings. The lowest BCUT2D eigenvalue weighted by Crippen LogP contribution is -2.26. The molecule has 0 fully saturated rings. The number of likely N-dealkylation sites (N-methyl/N-ethyl adjacent to an activating group) is 1. The van der Waals surface area contributed by atoms with Gasteiger partial charge < -0.3 is 10.4 Å². The van der Waals surface area contributed by atoms with Gasteiger partial charge in [-0.3, -0.25) is 19.2 Å². The normalized spacial score (nSPS) is 14.7. The van der Waals surface area contributed by atoms with Crippen molar-refractivity contribution in [1.29, 1.82) is 0 Å². The molecular formula is C31H31ClN4O3. The van der Waals surface area contributed by atoms with E-state index < -0.39 is 0 Å². The maximum atomic E-state index is 12.9. The predicted octanol–water partition coefficient (Wildman–Crippen LogP) is 4.55. The molecule has 2 aromatic carbocycles. The Morgan fingerprint density at radius 3 is 2.72 bits per heavy atom. The van der Waals surface area contributed by atoms with Crippen LogP contribution in [0, 0.1) is 0 Å². The lowest BCUT2D eigenvalue weighted by molar-refractivity contribution is -0.114. The van der Waals surface area contributed by atoms with Gasteiger partial charge in [-0.05, 0) is 59.0 Å². The van der Waals surface area contributed by atoms with E-state index in [1.165, 1.54) is 11.1 Å². The average Bonchev–Trinajstić information content (AvgIpc) is 3.58. The first kappa shape index (κ1) is 26.8. The van der Waals surface area contributed by atoms with Crippen LogP contribution in [0.15, 0.2) is 83.9 Å². The van der Waals surface area contributed by atoms with Crippen LogP contribution in [0.5, 0.6) is 0 Å². The first-order chi connectivity index (χ1) is 18.9. The van der Waals surface area contributed by atoms with E-state index in [-0.39, 0.29) is 24.7 Å². The highest BCUT2D eigenvalue weighted by molar-refractivity contribution is 6.30. The number of hydrogen-bond acceptors (Lipinski definition) is 5. The van der Waals surface area contributed by atoms with E-state index in [0.717, 1.165) is 29.8 Å². The van der Waals surface area contributed by atoms with Crippen LogP contribution in [-0.4, -0.2) is 51.2 Å². The Morgan fingerprint density at radius 2 is 1.95 bits per heavy atom. The van der Waals surface area contributed by atoms with Crippen molar-refractivity contribution in [2.45, 2.75) is 32.9 Å². The number of allylic oxidation sites excluding steroid dienone is 4. The average molecular weight is 543 g/mol. The first-order valence-corrected chi connectivity index (χ1v) is 13.5. The summed E-state index contributed by atoms with van der Waals surface area (Å²) in [5.41, 5.74) is 7.16. The van der Waals surface area contributed by atoms with Crippen molar-refractivity contribution in [3.63, 3.8) is 0 Å². The number of carbonyl (C=O) groups excluding carboxylic acids is 2. The number of hydrogen-bond donors (Lipinski definition) is 2. The molecule has 0 spiro atoms. The van der Waals surface area contributed by atoms with Crippen molar-refractivity contribution >= 4 is 29.4 Å². The Balaban J connectivity index is 1.26. The van der Waals surface area contributed by atoms with Crippen molar-refractivity contribution in [1.82, 2.24) is 20.0 Å². The Bertz CT molecular complexity index is 1480. The monoisotopic (exact) mass is 542 g/mol. The fraction of sp³-hybridized carbons (Fsp3) is 0.258. The first-order valence-electron chi connectivity index (χ1n) is 13.1. The molecule has 0 atom stereocenters. The molecule has 2 aliphatic rings. The van der Waals surface area contributed by atoms with Gasteiger partial charge in [0.25, 0.3) is 5.91 Å². The summed E-state index contributed by atoms with van der Waals surface area (Å²) in [7, 11) is 0. The number of amides is 1. The lowest BCUT2D eigenvalue weighted by Gasteiger charge is -2.19. The summed E-state index contributed by atoms with van der Waals surface area (Å²) in [6.07, 6.45) is 9.78. The molecule has 1 aromatic heterocycles. The number of nitrogens with one attached hydrogen (secondary N) is 1. The van der Waals surface area contributed by atoms with Crippen LogP contribution in [0.4, 0.5) is 0 Å². The van der Waals surface area contributed by atoms with Crippen LogP contribution >= 0.6 is 11.6 Å². The second kappa shape index (κ2) is 11.9. The molecule has 1 heterocycles. The van der Waals surface area contributed by atoms with E-state index >= 15 is 0 Å². The summed E-state index contributed by atoms with van der Waals surface area (Å²) in [6.45, 7) is 5.02. The number of rotatable bonds is 10. The number of aromatic nitrogens is 2. The van der Waals surface area contributed by atoms with Crippen LogP contribution in [0.1, 0.15) is 46.0 Å². The summed E-state index contributed by atoms with van der Waals surface area (Å²) in [5.74, 6) is -0.228. The smallest absolute Gasteiger partial charge is 0.258 e. The van der Waals surface area contributed by atoms with Crippen LogP contribution in [0.25, 0.3) is 6.08 Å². The standard InChI is InChI=1S/C31H31ClN4O3/c1-2-35(11-12-37)18-22-3-6-23-14-25(15-24(23)13-22)29-16-28(9-10-30(29)38)34-31(39)26-17-33-36(20-26)19-21-4-7-27(32)8-5-21/h3-9,13,15-17,20,37H,2,10-12,14,18-19H2,1H3,(H,34,39). The summed E-state index contributed by atoms with van der Waals surface area (Å²) in [6, 6.07) is 13.9. The molecule has 0 saturated heterocycles. The minimum Gasteiger partial charge on any atom is -0.395 e. The third kappa shape index (κ3) is 6.45. The van der Waals surface area contributed by atoms with Gasteiger partial charge in [0.2, 0.25) is 0 Å². The third-order valence-corrected chi connectivity index (χ3v) is 7.31. The van der Waals surface area contributed by atoms with Crippen molar-refractivity contribution in [3.05, 3.63) is 117 Å². The number of fused-ring (bicyclic) bond motifs is 1. The van der Waals surface area contributed by atoms with E-state index in [1.54, 1.807) is 29.2 Å². The zero-order valence-corrected chi connectivity index (χ0v) is 22.6. The molecule has 1 amide bonds. The highest BCUT2D eigenvalue weighted by Crippen LogP contribution is 2.33. The van der Waals surface area contributed by atoms with E-state index in [4.69, 9.17) is 11.6 Å². The highest BCUT2D eigenvalue weighted by Gasteiger charge is 2.24. The van der Waals surface area contributed by atoms with E-state index in [9.17, 15) is 14.7 Å². The van der Waals surface area contributed by atoms with Gasteiger partial charge in [0.05, 0.1) is 24.9 Å². The number of aliphatic hydroxyl groups excluding tert-OH is 1. The van der Waals surface area contributed by atoms with Crippen molar-refractivity contribution in [2.75, 3.05) is 19.7 Å². The van der Waals surface area contributed by atoms with Gasteiger partial charge in [-0.2, -0.15) is 5.10 Å². The van der Waals surface area contributed by atoms with Crippen LogP contribution in [0.2, 0.25) is 5.02 Å². The minimum absolute atomic E-state index is 0.0446. The molecule has 2 N–H and O–H groups in total. The van der Waals surface area contributed by atoms with Gasteiger partial charge in [-0.25, -0.2) is 0 Å². The van der Waals surface area contributed by atoms with Crippen molar-refractivity contribution < 1.29 is 14.7 Å². The summed E-state index contributed by atoms with van der Waals surface area (Å²) < 4.78 is 1.70. The summed E-state index contributed by atoms with van der Waals surface area (Å²) >= 11 is 5.96. The van der Waals surface area contributed by atoms with Gasteiger partial charge in [0.15, 0.2) is 5.78 Å². The van der Waals surface area contributed by atoms with Crippen molar-refractivity contribution in [3.8, 4) is 0 Å². The van der Waals surface area contributed by atoms with Gasteiger partial charge in [0.1, 0.15) is 0 Å². The highest BCUT2D eigenvalue weighted by atomic mass is 35.5. The molecule has 0 radical (unpaired) electrons. The largest absolute Gasteiger partial charge is 0.395 e. The molecule has 39 heavy (non-hydrogen) atoms. The molecule has 5 rings (SSSR count). The molecule has 2 aliphatic carbocycles. The predicted molar refractivity (Wildman–Crippen MR) is 152 cm³/mol. The zero-order chi connectivity index (χ0) is 27.4. The molecule has 8 heteroatoms. The zero-order valence-electron chi connectivity index (χ0n) is 21.9. The summed E-state index contributed by atoms with van der Waals surface area (Å²) in [5, 5.41) is 17.2. The SMILES string of the molecule is CCN(CCO)Cc1ccc2c(c1)C=C(C1=CC(NC(=O)c3cnn(Cc4ccc(Cl)cc4)c3)=CCC1=O)C2.